The minimum atomic E-state index is -0.168. The minimum absolute atomic E-state index is 0.106. The first-order chi connectivity index (χ1) is 15.1. The Labute approximate surface area is 180 Å². The molecule has 1 saturated heterocycles. The lowest BCUT2D eigenvalue weighted by molar-refractivity contribution is 0.0647. The zero-order valence-corrected chi connectivity index (χ0v) is 17.8. The van der Waals surface area contributed by atoms with Crippen molar-refractivity contribution in [1.82, 2.24) is 19.8 Å². The van der Waals surface area contributed by atoms with E-state index in [1.54, 1.807) is 36.3 Å². The fourth-order valence-corrected chi connectivity index (χ4v) is 3.87. The summed E-state index contributed by atoms with van der Waals surface area (Å²) in [6, 6.07) is 8.74. The predicted octanol–water partition coefficient (Wildman–Crippen LogP) is 2.26. The Morgan fingerprint density at radius 1 is 1.32 bits per heavy atom. The number of methoxy groups -OCH3 is 1. The molecule has 4 rings (SSSR count). The normalized spacial score (nSPS) is 16.5. The third-order valence-corrected chi connectivity index (χ3v) is 5.51. The molecule has 2 aromatic heterocycles. The molecule has 2 amide bonds. The number of rotatable bonds is 7. The van der Waals surface area contributed by atoms with Crippen LogP contribution in [0.3, 0.4) is 0 Å². The van der Waals surface area contributed by atoms with E-state index in [1.807, 2.05) is 17.7 Å². The standard InChI is InChI=1S/C22H27N5O4/c1-26-18-8-7-15(13-17(18)25-22(26)23-9-12-30-2)20(28)24-16-5-3-10-27(14-16)21(29)19-6-4-11-31-19/h4,6-8,11,13,16H,3,5,9-10,12,14H2,1-2H3,(H,23,25)(H,24,28). The van der Waals surface area contributed by atoms with Gasteiger partial charge >= 0.3 is 0 Å². The Morgan fingerprint density at radius 3 is 2.97 bits per heavy atom. The summed E-state index contributed by atoms with van der Waals surface area (Å²) in [5.41, 5.74) is 2.22. The summed E-state index contributed by atoms with van der Waals surface area (Å²) in [6.45, 7) is 2.35. The van der Waals surface area contributed by atoms with Gasteiger partial charge in [0, 0.05) is 45.4 Å². The summed E-state index contributed by atoms with van der Waals surface area (Å²) in [6.07, 6.45) is 3.14. The van der Waals surface area contributed by atoms with Crippen LogP contribution >= 0.6 is 0 Å². The van der Waals surface area contributed by atoms with E-state index >= 15 is 0 Å². The highest BCUT2D eigenvalue weighted by molar-refractivity contribution is 5.98. The second kappa shape index (κ2) is 9.22. The number of nitrogens with zero attached hydrogens (tertiary/aromatic N) is 3. The number of hydrogen-bond acceptors (Lipinski definition) is 6. The SMILES string of the molecule is COCCNc1nc2cc(C(=O)NC3CCCN(C(=O)c4ccco4)C3)ccc2n1C. The predicted molar refractivity (Wildman–Crippen MR) is 116 cm³/mol. The van der Waals surface area contributed by atoms with E-state index in [0.717, 1.165) is 29.8 Å². The first-order valence-corrected chi connectivity index (χ1v) is 10.4. The first kappa shape index (κ1) is 20.9. The molecule has 0 saturated carbocycles. The number of likely N-dealkylation sites (tertiary alicyclic amines) is 1. The van der Waals surface area contributed by atoms with Crippen LogP contribution in [0, 0.1) is 0 Å². The Balaban J connectivity index is 1.42. The Morgan fingerprint density at radius 2 is 2.19 bits per heavy atom. The lowest BCUT2D eigenvalue weighted by Gasteiger charge is -2.32. The molecule has 0 aliphatic carbocycles. The van der Waals surface area contributed by atoms with E-state index in [2.05, 4.69) is 15.6 Å². The molecule has 0 bridgehead atoms. The number of carbonyl (C=O) groups is 2. The molecule has 164 valence electrons. The number of piperidine rings is 1. The fraction of sp³-hybridized carbons (Fsp3) is 0.409. The van der Waals surface area contributed by atoms with Crippen molar-refractivity contribution >= 4 is 28.8 Å². The molecule has 1 aromatic carbocycles. The van der Waals surface area contributed by atoms with Gasteiger partial charge in [0.2, 0.25) is 5.95 Å². The van der Waals surface area contributed by atoms with Gasteiger partial charge in [-0.15, -0.1) is 0 Å². The van der Waals surface area contributed by atoms with E-state index < -0.39 is 0 Å². The van der Waals surface area contributed by atoms with Gasteiger partial charge < -0.3 is 29.3 Å². The summed E-state index contributed by atoms with van der Waals surface area (Å²) in [5, 5.41) is 6.29. The number of benzene rings is 1. The van der Waals surface area contributed by atoms with E-state index in [-0.39, 0.29) is 17.9 Å². The van der Waals surface area contributed by atoms with Crippen LogP contribution in [0.1, 0.15) is 33.8 Å². The number of imidazole rings is 1. The maximum atomic E-state index is 12.9. The van der Waals surface area contributed by atoms with Crippen LogP contribution in [0.2, 0.25) is 0 Å². The monoisotopic (exact) mass is 425 g/mol. The van der Waals surface area contributed by atoms with Crippen LogP contribution in [-0.4, -0.2) is 65.7 Å². The molecule has 1 unspecified atom stereocenters. The number of aromatic nitrogens is 2. The molecule has 3 aromatic rings. The smallest absolute Gasteiger partial charge is 0.289 e. The Hall–Kier alpha value is -3.33. The van der Waals surface area contributed by atoms with Crippen molar-refractivity contribution in [1.29, 1.82) is 0 Å². The average molecular weight is 425 g/mol. The number of furan rings is 1. The van der Waals surface area contributed by atoms with Gasteiger partial charge in [0.05, 0.1) is 23.9 Å². The summed E-state index contributed by atoms with van der Waals surface area (Å²) in [5.74, 6) is 0.734. The summed E-state index contributed by atoms with van der Waals surface area (Å²) in [4.78, 5) is 31.7. The number of hydrogen-bond donors (Lipinski definition) is 2. The Bertz CT molecular complexity index is 1060. The highest BCUT2D eigenvalue weighted by Gasteiger charge is 2.27. The number of amides is 2. The van der Waals surface area contributed by atoms with Crippen LogP contribution in [-0.2, 0) is 11.8 Å². The van der Waals surface area contributed by atoms with Gasteiger partial charge in [-0.25, -0.2) is 4.98 Å². The molecule has 0 spiro atoms. The van der Waals surface area contributed by atoms with Crippen LogP contribution < -0.4 is 10.6 Å². The highest BCUT2D eigenvalue weighted by Crippen LogP contribution is 2.20. The van der Waals surface area contributed by atoms with Crippen molar-refractivity contribution in [2.75, 3.05) is 38.7 Å². The quantitative estimate of drug-likeness (QED) is 0.563. The van der Waals surface area contributed by atoms with Gasteiger partial charge in [-0.1, -0.05) is 0 Å². The molecule has 9 nitrogen and oxygen atoms in total. The van der Waals surface area contributed by atoms with E-state index in [4.69, 9.17) is 9.15 Å². The molecule has 1 aliphatic heterocycles. The fourth-order valence-electron chi connectivity index (χ4n) is 3.87. The molecule has 9 heteroatoms. The molecule has 1 aliphatic rings. The average Bonchev–Trinajstić information content (AvgIpc) is 3.42. The number of anilines is 1. The van der Waals surface area contributed by atoms with Gasteiger partial charge in [-0.2, -0.15) is 0 Å². The van der Waals surface area contributed by atoms with Crippen molar-refractivity contribution in [3.8, 4) is 0 Å². The molecule has 1 atom stereocenters. The first-order valence-electron chi connectivity index (χ1n) is 10.4. The zero-order valence-electron chi connectivity index (χ0n) is 17.8. The van der Waals surface area contributed by atoms with E-state index in [0.29, 0.717) is 37.6 Å². The van der Waals surface area contributed by atoms with Crippen LogP contribution in [0.4, 0.5) is 5.95 Å². The molecular formula is C22H27N5O4. The molecular weight excluding hydrogens is 398 g/mol. The highest BCUT2D eigenvalue weighted by atomic mass is 16.5. The van der Waals surface area contributed by atoms with Crippen LogP contribution in [0.15, 0.2) is 41.0 Å². The van der Waals surface area contributed by atoms with Crippen molar-refractivity contribution in [3.05, 3.63) is 47.9 Å². The number of carbonyl (C=O) groups excluding carboxylic acids is 2. The molecule has 3 heterocycles. The number of nitrogens with one attached hydrogen (secondary N) is 2. The molecule has 2 N–H and O–H groups in total. The van der Waals surface area contributed by atoms with Crippen molar-refractivity contribution < 1.29 is 18.7 Å². The lowest BCUT2D eigenvalue weighted by atomic mass is 10.0. The summed E-state index contributed by atoms with van der Waals surface area (Å²) >= 11 is 0. The van der Waals surface area contributed by atoms with E-state index in [9.17, 15) is 9.59 Å². The van der Waals surface area contributed by atoms with Crippen molar-refractivity contribution in [2.45, 2.75) is 18.9 Å². The Kier molecular flexibility index (Phi) is 6.22. The van der Waals surface area contributed by atoms with Gasteiger partial charge in [-0.3, -0.25) is 9.59 Å². The second-order valence-corrected chi connectivity index (χ2v) is 7.66. The molecule has 1 fully saturated rings. The summed E-state index contributed by atoms with van der Waals surface area (Å²) in [7, 11) is 3.58. The largest absolute Gasteiger partial charge is 0.459 e. The number of ether oxygens (including phenoxy) is 1. The van der Waals surface area contributed by atoms with Gasteiger partial charge in [0.15, 0.2) is 5.76 Å². The van der Waals surface area contributed by atoms with Gasteiger partial charge in [-0.05, 0) is 43.2 Å². The topological polar surface area (TPSA) is 102 Å². The maximum absolute atomic E-state index is 12.9. The van der Waals surface area contributed by atoms with Crippen LogP contribution in [0.25, 0.3) is 11.0 Å². The lowest BCUT2D eigenvalue weighted by Crippen LogP contribution is -2.49. The van der Waals surface area contributed by atoms with Crippen molar-refractivity contribution in [2.24, 2.45) is 7.05 Å². The van der Waals surface area contributed by atoms with Crippen molar-refractivity contribution in [3.63, 3.8) is 0 Å². The van der Waals surface area contributed by atoms with Gasteiger partial charge in [0.1, 0.15) is 0 Å². The maximum Gasteiger partial charge on any atom is 0.289 e. The third kappa shape index (κ3) is 4.56. The minimum Gasteiger partial charge on any atom is -0.459 e. The third-order valence-electron chi connectivity index (χ3n) is 5.51. The molecule has 31 heavy (non-hydrogen) atoms. The van der Waals surface area contributed by atoms with Crippen LogP contribution in [0.5, 0.6) is 0 Å². The van der Waals surface area contributed by atoms with Gasteiger partial charge in [0.25, 0.3) is 11.8 Å². The molecule has 0 radical (unpaired) electrons. The number of aryl methyl sites for hydroxylation is 1. The summed E-state index contributed by atoms with van der Waals surface area (Å²) < 4.78 is 12.2. The zero-order chi connectivity index (χ0) is 21.8. The second-order valence-electron chi connectivity index (χ2n) is 7.66. The van der Waals surface area contributed by atoms with E-state index in [1.165, 1.54) is 6.26 Å². The number of fused-ring (bicyclic) bond motifs is 1.